The Morgan fingerprint density at radius 3 is 2.44 bits per heavy atom. The van der Waals surface area contributed by atoms with Gasteiger partial charge in [0.1, 0.15) is 6.23 Å². The van der Waals surface area contributed by atoms with E-state index < -0.39 is 0 Å². The van der Waals surface area contributed by atoms with Crippen LogP contribution in [0.4, 0.5) is 0 Å². The van der Waals surface area contributed by atoms with Crippen LogP contribution >= 0.6 is 0 Å². The third-order valence-electron chi connectivity index (χ3n) is 1.66. The molecule has 0 aromatic heterocycles. The highest BCUT2D eigenvalue weighted by atomic mass is 16.3. The highest BCUT2D eigenvalue weighted by Crippen LogP contribution is 2.07. The second kappa shape index (κ2) is 4.77. The van der Waals surface area contributed by atoms with Crippen molar-refractivity contribution in [1.82, 2.24) is 5.32 Å². The predicted molar refractivity (Wildman–Crippen MR) is 39.1 cm³/mol. The molecule has 0 aromatic rings. The summed E-state index contributed by atoms with van der Waals surface area (Å²) in [6, 6.07) is 0. The van der Waals surface area contributed by atoms with Crippen molar-refractivity contribution in [2.45, 2.75) is 32.9 Å². The number of rotatable bonds is 4. The molecule has 0 aliphatic carbocycles. The summed E-state index contributed by atoms with van der Waals surface area (Å²) in [5, 5.41) is 11.8. The fourth-order valence-electron chi connectivity index (χ4n) is 0.666. The molecule has 2 nitrogen and oxygen atoms in total. The molecule has 0 aromatic carbocycles. The molecule has 0 fully saturated rings. The Bertz CT molecular complexity index is 57.9. The zero-order valence-corrected chi connectivity index (χ0v) is 6.52. The second-order valence-corrected chi connectivity index (χ2v) is 2.55. The topological polar surface area (TPSA) is 32.3 Å². The molecule has 2 N–H and O–H groups in total. The van der Waals surface area contributed by atoms with Gasteiger partial charge in [0.25, 0.3) is 0 Å². The lowest BCUT2D eigenvalue weighted by molar-refractivity contribution is 0.119. The van der Waals surface area contributed by atoms with Crippen molar-refractivity contribution in [3.8, 4) is 0 Å². The van der Waals surface area contributed by atoms with Crippen LogP contribution in [0.5, 0.6) is 0 Å². The Kier molecular flexibility index (Phi) is 4.72. The fraction of sp³-hybridized carbons (Fsp3) is 1.00. The minimum Gasteiger partial charge on any atom is -0.379 e. The first-order chi connectivity index (χ1) is 4.20. The molecular weight excluding hydrogens is 114 g/mol. The van der Waals surface area contributed by atoms with Crippen LogP contribution in [-0.2, 0) is 0 Å². The zero-order chi connectivity index (χ0) is 7.28. The van der Waals surface area contributed by atoms with E-state index in [2.05, 4.69) is 19.2 Å². The van der Waals surface area contributed by atoms with Gasteiger partial charge in [-0.25, -0.2) is 0 Å². The molecule has 0 heterocycles. The van der Waals surface area contributed by atoms with Gasteiger partial charge in [-0.05, 0) is 19.4 Å². The average molecular weight is 131 g/mol. The van der Waals surface area contributed by atoms with Crippen molar-refractivity contribution in [1.29, 1.82) is 0 Å². The molecular formula is C7H17NO. The molecule has 0 radical (unpaired) electrons. The summed E-state index contributed by atoms with van der Waals surface area (Å²) in [6.45, 7) is 4.27. The van der Waals surface area contributed by atoms with Crippen LogP contribution in [0.2, 0.25) is 0 Å². The summed E-state index contributed by atoms with van der Waals surface area (Å²) in [4.78, 5) is 0. The summed E-state index contributed by atoms with van der Waals surface area (Å²) in [5.41, 5.74) is 0. The van der Waals surface area contributed by atoms with Crippen LogP contribution in [0.15, 0.2) is 0 Å². The van der Waals surface area contributed by atoms with Crippen molar-refractivity contribution in [2.24, 2.45) is 5.92 Å². The summed E-state index contributed by atoms with van der Waals surface area (Å²) in [6.07, 6.45) is 1.67. The maximum Gasteiger partial charge on any atom is 0.104 e. The first-order valence-corrected chi connectivity index (χ1v) is 3.56. The van der Waals surface area contributed by atoms with Crippen molar-refractivity contribution >= 4 is 0 Å². The molecule has 0 amide bonds. The molecule has 2 heteroatoms. The van der Waals surface area contributed by atoms with E-state index in [9.17, 15) is 0 Å². The monoisotopic (exact) mass is 131 g/mol. The van der Waals surface area contributed by atoms with Gasteiger partial charge in [-0.3, -0.25) is 5.32 Å². The van der Waals surface area contributed by atoms with Crippen LogP contribution in [-0.4, -0.2) is 18.4 Å². The van der Waals surface area contributed by atoms with E-state index in [4.69, 9.17) is 5.11 Å². The highest BCUT2D eigenvalue weighted by molar-refractivity contribution is 4.55. The van der Waals surface area contributed by atoms with Gasteiger partial charge in [0.2, 0.25) is 0 Å². The lowest BCUT2D eigenvalue weighted by atomic mass is 10.0. The first kappa shape index (κ1) is 8.92. The van der Waals surface area contributed by atoms with E-state index in [-0.39, 0.29) is 6.23 Å². The molecule has 2 unspecified atom stereocenters. The maximum absolute atomic E-state index is 9.05. The molecule has 0 saturated heterocycles. The number of nitrogens with one attached hydrogen (secondary N) is 1. The highest BCUT2D eigenvalue weighted by Gasteiger charge is 2.04. The standard InChI is InChI=1S/C7H17NO/c1-4-6(2)5-7(9)8-3/h6-9H,4-5H2,1-3H3. The van der Waals surface area contributed by atoms with Crippen LogP contribution < -0.4 is 5.32 Å². The van der Waals surface area contributed by atoms with E-state index >= 15 is 0 Å². The van der Waals surface area contributed by atoms with Crippen molar-refractivity contribution in [2.75, 3.05) is 7.05 Å². The SMILES string of the molecule is CCC(C)CC(O)NC. The van der Waals surface area contributed by atoms with Gasteiger partial charge in [-0.15, -0.1) is 0 Å². The first-order valence-electron chi connectivity index (χ1n) is 3.56. The molecule has 0 spiro atoms. The van der Waals surface area contributed by atoms with Gasteiger partial charge < -0.3 is 5.11 Å². The van der Waals surface area contributed by atoms with E-state index in [0.29, 0.717) is 5.92 Å². The Labute approximate surface area is 57.3 Å². The molecule has 0 aliphatic heterocycles. The fourth-order valence-corrected chi connectivity index (χ4v) is 0.666. The van der Waals surface area contributed by atoms with Gasteiger partial charge >= 0.3 is 0 Å². The van der Waals surface area contributed by atoms with Gasteiger partial charge in [-0.2, -0.15) is 0 Å². The Hall–Kier alpha value is -0.0800. The van der Waals surface area contributed by atoms with Crippen molar-refractivity contribution in [3.63, 3.8) is 0 Å². The van der Waals surface area contributed by atoms with Gasteiger partial charge in [0.05, 0.1) is 0 Å². The van der Waals surface area contributed by atoms with E-state index in [0.717, 1.165) is 12.8 Å². The molecule has 0 rings (SSSR count). The summed E-state index contributed by atoms with van der Waals surface area (Å²) >= 11 is 0. The lowest BCUT2D eigenvalue weighted by Crippen LogP contribution is -2.26. The smallest absolute Gasteiger partial charge is 0.104 e. The summed E-state index contributed by atoms with van der Waals surface area (Å²) in [7, 11) is 1.77. The van der Waals surface area contributed by atoms with Crippen molar-refractivity contribution < 1.29 is 5.11 Å². The Morgan fingerprint density at radius 1 is 1.56 bits per heavy atom. The predicted octanol–water partition coefficient (Wildman–Crippen LogP) is 0.960. The molecule has 0 bridgehead atoms. The van der Waals surface area contributed by atoms with Crippen LogP contribution in [0, 0.1) is 5.92 Å². The van der Waals surface area contributed by atoms with E-state index in [1.165, 1.54) is 0 Å². The normalized spacial score (nSPS) is 17.3. The number of aliphatic hydroxyl groups is 1. The minimum atomic E-state index is -0.319. The summed E-state index contributed by atoms with van der Waals surface area (Å²) in [5.74, 6) is 0.618. The molecule has 0 saturated carbocycles. The molecule has 56 valence electrons. The van der Waals surface area contributed by atoms with Crippen LogP contribution in [0.3, 0.4) is 0 Å². The molecule has 0 aliphatic rings. The summed E-state index contributed by atoms with van der Waals surface area (Å²) < 4.78 is 0. The average Bonchev–Trinajstić information content (AvgIpc) is 1.87. The lowest BCUT2D eigenvalue weighted by Gasteiger charge is -2.12. The van der Waals surface area contributed by atoms with Crippen LogP contribution in [0.1, 0.15) is 26.7 Å². The van der Waals surface area contributed by atoms with Gasteiger partial charge in [0, 0.05) is 0 Å². The number of hydrogen-bond acceptors (Lipinski definition) is 2. The van der Waals surface area contributed by atoms with Gasteiger partial charge in [-0.1, -0.05) is 20.3 Å². The quantitative estimate of drug-likeness (QED) is 0.557. The molecule has 2 atom stereocenters. The van der Waals surface area contributed by atoms with Crippen LogP contribution in [0.25, 0.3) is 0 Å². The maximum atomic E-state index is 9.05. The van der Waals surface area contributed by atoms with E-state index in [1.807, 2.05) is 0 Å². The molecule has 9 heavy (non-hydrogen) atoms. The zero-order valence-electron chi connectivity index (χ0n) is 6.52. The number of aliphatic hydroxyl groups excluding tert-OH is 1. The third-order valence-corrected chi connectivity index (χ3v) is 1.66. The van der Waals surface area contributed by atoms with Gasteiger partial charge in [0.15, 0.2) is 0 Å². The Morgan fingerprint density at radius 2 is 2.11 bits per heavy atom. The number of hydrogen-bond donors (Lipinski definition) is 2. The largest absolute Gasteiger partial charge is 0.379 e. The minimum absolute atomic E-state index is 0.319. The Balaban J connectivity index is 3.22. The van der Waals surface area contributed by atoms with Crippen molar-refractivity contribution in [3.05, 3.63) is 0 Å². The second-order valence-electron chi connectivity index (χ2n) is 2.55. The third kappa shape index (κ3) is 4.43. The van der Waals surface area contributed by atoms with E-state index in [1.54, 1.807) is 7.05 Å².